The predicted octanol–water partition coefficient (Wildman–Crippen LogP) is 0.644. The van der Waals surface area contributed by atoms with Crippen LogP contribution in [0, 0.1) is 6.92 Å². The van der Waals surface area contributed by atoms with E-state index in [-0.39, 0.29) is 0 Å². The number of fused-ring (bicyclic) bond motifs is 1. The van der Waals surface area contributed by atoms with E-state index in [1.165, 1.54) is 6.33 Å². The van der Waals surface area contributed by atoms with Gasteiger partial charge in [0.1, 0.15) is 17.7 Å². The van der Waals surface area contributed by atoms with Crippen LogP contribution in [0.2, 0.25) is 0 Å². The van der Waals surface area contributed by atoms with E-state index in [1.54, 1.807) is 10.9 Å². The molecular formula is C10H11N7. The zero-order valence-corrected chi connectivity index (χ0v) is 9.47. The third-order valence-electron chi connectivity index (χ3n) is 2.81. The normalized spacial score (nSPS) is 11.2. The molecule has 0 fully saturated rings. The summed E-state index contributed by atoms with van der Waals surface area (Å²) in [5, 5.41) is 4.17. The summed E-state index contributed by atoms with van der Waals surface area (Å²) in [5.41, 5.74) is 8.93. The predicted molar refractivity (Wildman–Crippen MR) is 63.0 cm³/mol. The number of H-pyrrole nitrogens is 1. The molecule has 3 rings (SSSR count). The number of nitrogens with zero attached hydrogens (tertiary/aromatic N) is 5. The Labute approximate surface area is 96.7 Å². The summed E-state index contributed by atoms with van der Waals surface area (Å²) < 4.78 is 1.79. The van der Waals surface area contributed by atoms with E-state index in [9.17, 15) is 0 Å². The van der Waals surface area contributed by atoms with Gasteiger partial charge in [0.2, 0.25) is 0 Å². The van der Waals surface area contributed by atoms with Gasteiger partial charge < -0.3 is 10.7 Å². The third-order valence-corrected chi connectivity index (χ3v) is 2.81. The molecule has 0 bridgehead atoms. The fraction of sp³-hybridized carbons (Fsp3) is 0.200. The lowest BCUT2D eigenvalue weighted by atomic mass is 10.2. The maximum absolute atomic E-state index is 5.75. The molecule has 7 heteroatoms. The average molecular weight is 229 g/mol. The zero-order valence-electron chi connectivity index (χ0n) is 9.47. The van der Waals surface area contributed by atoms with Crippen molar-refractivity contribution < 1.29 is 0 Å². The van der Waals surface area contributed by atoms with Gasteiger partial charge in [0.25, 0.3) is 0 Å². The summed E-state index contributed by atoms with van der Waals surface area (Å²) in [4.78, 5) is 15.5. The summed E-state index contributed by atoms with van der Waals surface area (Å²) in [7, 11) is 1.88. The summed E-state index contributed by atoms with van der Waals surface area (Å²) in [5.74, 6) is 1.10. The third kappa shape index (κ3) is 1.36. The van der Waals surface area contributed by atoms with Gasteiger partial charge in [0, 0.05) is 12.7 Å². The van der Waals surface area contributed by atoms with E-state index < -0.39 is 0 Å². The molecule has 0 unspecified atom stereocenters. The highest BCUT2D eigenvalue weighted by molar-refractivity contribution is 5.84. The Bertz CT molecular complexity index is 694. The van der Waals surface area contributed by atoms with Crippen LogP contribution in [0.4, 0.5) is 5.82 Å². The molecule has 0 atom stereocenters. The Morgan fingerprint density at radius 3 is 2.82 bits per heavy atom. The van der Waals surface area contributed by atoms with Gasteiger partial charge in [0.05, 0.1) is 11.8 Å². The zero-order chi connectivity index (χ0) is 12.0. The summed E-state index contributed by atoms with van der Waals surface area (Å²) in [6, 6.07) is 0. The number of aromatic nitrogens is 6. The molecule has 0 radical (unpaired) electrons. The van der Waals surface area contributed by atoms with E-state index in [4.69, 9.17) is 5.73 Å². The molecule has 0 amide bonds. The maximum atomic E-state index is 5.75. The maximum Gasteiger partial charge on any atom is 0.183 e. The van der Waals surface area contributed by atoms with Crippen LogP contribution in [0.25, 0.3) is 22.6 Å². The Balaban J connectivity index is 2.25. The first-order valence-electron chi connectivity index (χ1n) is 5.12. The van der Waals surface area contributed by atoms with Crippen LogP contribution < -0.4 is 5.73 Å². The number of nitrogen functional groups attached to an aromatic ring is 1. The van der Waals surface area contributed by atoms with Crippen molar-refractivity contribution >= 4 is 17.0 Å². The summed E-state index contributed by atoms with van der Waals surface area (Å²) in [6.45, 7) is 1.98. The standard InChI is InChI=1S/C10H11N7/c1-5-6(3-14-17(5)2)9-15-7-8(11)12-4-13-10(7)16-9/h3-4H,1-2H3,(H3,11,12,13,15,16). The Morgan fingerprint density at radius 2 is 2.18 bits per heavy atom. The molecule has 0 aliphatic carbocycles. The monoisotopic (exact) mass is 229 g/mol. The van der Waals surface area contributed by atoms with E-state index in [0.29, 0.717) is 22.8 Å². The van der Waals surface area contributed by atoms with Gasteiger partial charge in [-0.2, -0.15) is 5.10 Å². The van der Waals surface area contributed by atoms with Crippen LogP contribution >= 0.6 is 0 Å². The van der Waals surface area contributed by atoms with Crippen LogP contribution in [0.5, 0.6) is 0 Å². The van der Waals surface area contributed by atoms with Gasteiger partial charge in [0.15, 0.2) is 11.5 Å². The van der Waals surface area contributed by atoms with Crippen molar-refractivity contribution in [3.05, 3.63) is 18.2 Å². The van der Waals surface area contributed by atoms with E-state index >= 15 is 0 Å². The van der Waals surface area contributed by atoms with Crippen LogP contribution in [0.1, 0.15) is 5.69 Å². The molecule has 0 saturated heterocycles. The number of aryl methyl sites for hydroxylation is 1. The van der Waals surface area contributed by atoms with Crippen molar-refractivity contribution in [3.8, 4) is 11.4 Å². The Kier molecular flexibility index (Phi) is 1.88. The van der Waals surface area contributed by atoms with Gasteiger partial charge in [-0.3, -0.25) is 4.68 Å². The molecule has 0 aromatic carbocycles. The van der Waals surface area contributed by atoms with Crippen LogP contribution in [0.3, 0.4) is 0 Å². The Hall–Kier alpha value is -2.44. The molecule has 0 spiro atoms. The number of anilines is 1. The van der Waals surface area contributed by atoms with Crippen molar-refractivity contribution in [1.29, 1.82) is 0 Å². The molecule has 3 aromatic rings. The van der Waals surface area contributed by atoms with Crippen molar-refractivity contribution in [2.24, 2.45) is 7.05 Å². The number of nitrogens with two attached hydrogens (primary N) is 1. The molecule has 3 heterocycles. The van der Waals surface area contributed by atoms with Gasteiger partial charge in [-0.1, -0.05) is 0 Å². The summed E-state index contributed by atoms with van der Waals surface area (Å²) >= 11 is 0. The van der Waals surface area contributed by atoms with Crippen molar-refractivity contribution in [3.63, 3.8) is 0 Å². The van der Waals surface area contributed by atoms with Gasteiger partial charge >= 0.3 is 0 Å². The van der Waals surface area contributed by atoms with Crippen molar-refractivity contribution in [2.45, 2.75) is 6.92 Å². The lowest BCUT2D eigenvalue weighted by Gasteiger charge is -1.95. The fourth-order valence-electron chi connectivity index (χ4n) is 1.71. The second-order valence-electron chi connectivity index (χ2n) is 3.81. The quantitative estimate of drug-likeness (QED) is 0.638. The first-order chi connectivity index (χ1) is 8.16. The largest absolute Gasteiger partial charge is 0.382 e. The lowest BCUT2D eigenvalue weighted by molar-refractivity contribution is 0.740. The minimum atomic E-state index is 0.398. The van der Waals surface area contributed by atoms with E-state index in [2.05, 4.69) is 25.0 Å². The van der Waals surface area contributed by atoms with E-state index in [1.807, 2.05) is 14.0 Å². The fourth-order valence-corrected chi connectivity index (χ4v) is 1.71. The molecule has 7 nitrogen and oxygen atoms in total. The number of hydrogen-bond donors (Lipinski definition) is 2. The first kappa shape index (κ1) is 9.76. The number of aromatic amines is 1. The molecule has 0 saturated carbocycles. The highest BCUT2D eigenvalue weighted by Crippen LogP contribution is 2.23. The van der Waals surface area contributed by atoms with Crippen LogP contribution in [-0.4, -0.2) is 29.7 Å². The van der Waals surface area contributed by atoms with Crippen LogP contribution in [-0.2, 0) is 7.05 Å². The van der Waals surface area contributed by atoms with Crippen molar-refractivity contribution in [1.82, 2.24) is 29.7 Å². The molecule has 0 aliphatic heterocycles. The highest BCUT2D eigenvalue weighted by Gasteiger charge is 2.13. The second-order valence-corrected chi connectivity index (χ2v) is 3.81. The highest BCUT2D eigenvalue weighted by atomic mass is 15.3. The second kappa shape index (κ2) is 3.27. The van der Waals surface area contributed by atoms with Gasteiger partial charge in [-0.15, -0.1) is 0 Å². The number of nitrogens with one attached hydrogen (secondary N) is 1. The van der Waals surface area contributed by atoms with Gasteiger partial charge in [-0.25, -0.2) is 15.0 Å². The first-order valence-corrected chi connectivity index (χ1v) is 5.12. The topological polar surface area (TPSA) is 98.3 Å². The van der Waals surface area contributed by atoms with Crippen molar-refractivity contribution in [2.75, 3.05) is 5.73 Å². The SMILES string of the molecule is Cc1c(-c2nc3ncnc(N)c3[nH]2)cnn1C. The van der Waals surface area contributed by atoms with E-state index in [0.717, 1.165) is 11.3 Å². The van der Waals surface area contributed by atoms with Crippen LogP contribution in [0.15, 0.2) is 12.5 Å². The molecule has 3 aromatic heterocycles. The molecule has 86 valence electrons. The minimum Gasteiger partial charge on any atom is -0.382 e. The number of hydrogen-bond acceptors (Lipinski definition) is 5. The van der Waals surface area contributed by atoms with Gasteiger partial charge in [-0.05, 0) is 6.92 Å². The number of imidazole rings is 1. The molecule has 17 heavy (non-hydrogen) atoms. The Morgan fingerprint density at radius 1 is 1.35 bits per heavy atom. The molecular weight excluding hydrogens is 218 g/mol. The molecule has 3 N–H and O–H groups in total. The molecule has 0 aliphatic rings. The minimum absolute atomic E-state index is 0.398. The average Bonchev–Trinajstić information content (AvgIpc) is 2.85. The number of rotatable bonds is 1. The lowest BCUT2D eigenvalue weighted by Crippen LogP contribution is -1.93. The summed E-state index contributed by atoms with van der Waals surface area (Å²) in [6.07, 6.45) is 3.16. The smallest absolute Gasteiger partial charge is 0.183 e.